The highest BCUT2D eigenvalue weighted by Crippen LogP contribution is 2.29. The predicted octanol–water partition coefficient (Wildman–Crippen LogP) is 4.09. The van der Waals surface area contributed by atoms with Gasteiger partial charge in [0.15, 0.2) is 0 Å². The molecule has 0 spiro atoms. The average Bonchev–Trinajstić information content (AvgIpc) is 2.78. The maximum atomic E-state index is 11.1. The van der Waals surface area contributed by atoms with Gasteiger partial charge in [-0.05, 0) is 30.2 Å². The summed E-state index contributed by atoms with van der Waals surface area (Å²) >= 11 is 0. The van der Waals surface area contributed by atoms with Gasteiger partial charge in [-0.1, -0.05) is 31.5 Å². The third kappa shape index (κ3) is 1.61. The van der Waals surface area contributed by atoms with Gasteiger partial charge >= 0.3 is 0 Å². The Labute approximate surface area is 106 Å². The third-order valence-corrected chi connectivity index (χ3v) is 3.37. The fourth-order valence-electron chi connectivity index (χ4n) is 2.58. The molecule has 0 saturated heterocycles. The first-order valence-corrected chi connectivity index (χ1v) is 6.32. The molecule has 0 atom stereocenters. The van der Waals surface area contributed by atoms with E-state index < -0.39 is 0 Å². The van der Waals surface area contributed by atoms with Crippen molar-refractivity contribution in [1.82, 2.24) is 4.98 Å². The zero-order valence-electron chi connectivity index (χ0n) is 10.4. The van der Waals surface area contributed by atoms with Crippen LogP contribution in [-0.2, 0) is 6.42 Å². The van der Waals surface area contributed by atoms with Gasteiger partial charge in [0.25, 0.3) is 0 Å². The Morgan fingerprint density at radius 1 is 1.17 bits per heavy atom. The number of benzene rings is 2. The molecule has 1 aromatic heterocycles. The molecule has 1 heterocycles. The number of carbonyl (C=O) groups excluding carboxylic acids is 1. The van der Waals surface area contributed by atoms with E-state index in [1.54, 1.807) is 0 Å². The molecule has 2 heteroatoms. The van der Waals surface area contributed by atoms with E-state index in [0.717, 1.165) is 35.6 Å². The minimum absolute atomic E-state index is 0.760. The third-order valence-electron chi connectivity index (χ3n) is 3.37. The van der Waals surface area contributed by atoms with Crippen molar-refractivity contribution in [3.05, 3.63) is 47.5 Å². The number of carbonyl (C=O) groups is 1. The summed E-state index contributed by atoms with van der Waals surface area (Å²) in [6.45, 7) is 2.15. The first-order valence-electron chi connectivity index (χ1n) is 6.32. The van der Waals surface area contributed by atoms with Crippen molar-refractivity contribution < 1.29 is 4.79 Å². The molecule has 1 N–H and O–H groups in total. The Bertz CT molecular complexity index is 724. The van der Waals surface area contributed by atoms with Crippen molar-refractivity contribution in [2.75, 3.05) is 0 Å². The molecule has 2 nitrogen and oxygen atoms in total. The van der Waals surface area contributed by atoms with Crippen molar-refractivity contribution in [2.24, 2.45) is 0 Å². The number of fused-ring (bicyclic) bond motifs is 3. The summed E-state index contributed by atoms with van der Waals surface area (Å²) in [4.78, 5) is 14.5. The molecule has 18 heavy (non-hydrogen) atoms. The van der Waals surface area contributed by atoms with Crippen LogP contribution in [-0.4, -0.2) is 11.3 Å². The molecule has 0 aliphatic heterocycles. The number of hydrogen-bond donors (Lipinski definition) is 1. The van der Waals surface area contributed by atoms with Gasteiger partial charge in [-0.25, -0.2) is 0 Å². The molecule has 0 saturated carbocycles. The fourth-order valence-corrected chi connectivity index (χ4v) is 2.58. The first-order chi connectivity index (χ1) is 8.83. The number of aldehydes is 1. The topological polar surface area (TPSA) is 32.9 Å². The number of rotatable bonds is 3. The summed E-state index contributed by atoms with van der Waals surface area (Å²) in [7, 11) is 0. The van der Waals surface area contributed by atoms with E-state index in [4.69, 9.17) is 0 Å². The lowest BCUT2D eigenvalue weighted by molar-refractivity contribution is 0.112. The second-order valence-corrected chi connectivity index (χ2v) is 4.64. The van der Waals surface area contributed by atoms with Gasteiger partial charge in [0.2, 0.25) is 0 Å². The van der Waals surface area contributed by atoms with Crippen LogP contribution < -0.4 is 0 Å². The number of aromatic nitrogens is 1. The van der Waals surface area contributed by atoms with Gasteiger partial charge in [0.1, 0.15) is 6.29 Å². The first kappa shape index (κ1) is 11.0. The highest BCUT2D eigenvalue weighted by Gasteiger charge is 2.09. The molecule has 90 valence electrons. The van der Waals surface area contributed by atoms with Crippen LogP contribution >= 0.6 is 0 Å². The van der Waals surface area contributed by atoms with Crippen LogP contribution in [0.2, 0.25) is 0 Å². The largest absolute Gasteiger partial charge is 0.354 e. The van der Waals surface area contributed by atoms with Crippen LogP contribution in [0.4, 0.5) is 0 Å². The number of aryl methyl sites for hydroxylation is 1. The molecule has 2 aromatic carbocycles. The maximum Gasteiger partial charge on any atom is 0.150 e. The normalized spacial score (nSPS) is 11.2. The Kier molecular flexibility index (Phi) is 2.63. The maximum absolute atomic E-state index is 11.1. The fraction of sp³-hybridized carbons (Fsp3) is 0.188. The lowest BCUT2D eigenvalue weighted by atomic mass is 10.0. The van der Waals surface area contributed by atoms with E-state index in [1.165, 1.54) is 16.5 Å². The van der Waals surface area contributed by atoms with E-state index >= 15 is 0 Å². The van der Waals surface area contributed by atoms with Gasteiger partial charge in [0, 0.05) is 27.4 Å². The lowest BCUT2D eigenvalue weighted by Gasteiger charge is -2.03. The molecule has 0 aliphatic carbocycles. The van der Waals surface area contributed by atoms with Crippen molar-refractivity contribution in [1.29, 1.82) is 0 Å². The molecule has 3 aromatic rings. The van der Waals surface area contributed by atoms with Crippen LogP contribution in [0.25, 0.3) is 21.8 Å². The summed E-state index contributed by atoms with van der Waals surface area (Å²) in [6, 6.07) is 12.2. The average molecular weight is 237 g/mol. The molecule has 0 bridgehead atoms. The van der Waals surface area contributed by atoms with Crippen molar-refractivity contribution in [3.63, 3.8) is 0 Å². The molecule has 0 aliphatic rings. The van der Waals surface area contributed by atoms with Crippen molar-refractivity contribution in [2.45, 2.75) is 19.8 Å². The number of nitrogens with one attached hydrogen (secondary N) is 1. The van der Waals surface area contributed by atoms with Crippen LogP contribution in [0, 0.1) is 0 Å². The molecule has 3 rings (SSSR count). The quantitative estimate of drug-likeness (QED) is 0.684. The highest BCUT2D eigenvalue weighted by atomic mass is 16.1. The SMILES string of the molecule is CCCc1cc(C=O)cc2c1[nH]c1ccccc12. The lowest BCUT2D eigenvalue weighted by Crippen LogP contribution is -1.89. The van der Waals surface area contributed by atoms with Crippen LogP contribution in [0.3, 0.4) is 0 Å². The smallest absolute Gasteiger partial charge is 0.150 e. The van der Waals surface area contributed by atoms with Gasteiger partial charge in [-0.3, -0.25) is 4.79 Å². The van der Waals surface area contributed by atoms with E-state index in [2.05, 4.69) is 24.0 Å². The highest BCUT2D eigenvalue weighted by molar-refractivity contribution is 6.09. The zero-order valence-corrected chi connectivity index (χ0v) is 10.4. The summed E-state index contributed by atoms with van der Waals surface area (Å²) < 4.78 is 0. The van der Waals surface area contributed by atoms with Crippen LogP contribution in [0.5, 0.6) is 0 Å². The second-order valence-electron chi connectivity index (χ2n) is 4.64. The predicted molar refractivity (Wildman–Crippen MR) is 75.2 cm³/mol. The van der Waals surface area contributed by atoms with Gasteiger partial charge in [-0.15, -0.1) is 0 Å². The number of aromatic amines is 1. The van der Waals surface area contributed by atoms with Crippen molar-refractivity contribution in [3.8, 4) is 0 Å². The Morgan fingerprint density at radius 3 is 2.78 bits per heavy atom. The number of hydrogen-bond acceptors (Lipinski definition) is 1. The van der Waals surface area contributed by atoms with Gasteiger partial charge < -0.3 is 4.98 Å². The second kappa shape index (κ2) is 4.30. The van der Waals surface area contributed by atoms with Gasteiger partial charge in [-0.2, -0.15) is 0 Å². The van der Waals surface area contributed by atoms with Gasteiger partial charge in [0.05, 0.1) is 0 Å². The van der Waals surface area contributed by atoms with E-state index in [-0.39, 0.29) is 0 Å². The zero-order chi connectivity index (χ0) is 12.5. The monoisotopic (exact) mass is 237 g/mol. The molecular formula is C16H15NO. The van der Waals surface area contributed by atoms with E-state index in [9.17, 15) is 4.79 Å². The Morgan fingerprint density at radius 2 is 2.00 bits per heavy atom. The molecule has 0 radical (unpaired) electrons. The van der Waals surface area contributed by atoms with Crippen molar-refractivity contribution >= 4 is 28.1 Å². The minimum Gasteiger partial charge on any atom is -0.354 e. The standard InChI is InChI=1S/C16H15NO/c1-2-5-12-8-11(10-18)9-14-13-6-3-4-7-15(13)17-16(12)14/h3-4,6-10,17H,2,5H2,1H3. The molecule has 0 fully saturated rings. The van der Waals surface area contributed by atoms with Crippen LogP contribution in [0.15, 0.2) is 36.4 Å². The Balaban J connectivity index is 2.42. The van der Waals surface area contributed by atoms with Crippen LogP contribution in [0.1, 0.15) is 29.3 Å². The molecule has 0 amide bonds. The van der Waals surface area contributed by atoms with E-state index in [1.807, 2.05) is 24.3 Å². The summed E-state index contributed by atoms with van der Waals surface area (Å²) in [5.41, 5.74) is 4.29. The number of para-hydroxylation sites is 1. The summed E-state index contributed by atoms with van der Waals surface area (Å²) in [6.07, 6.45) is 3.00. The minimum atomic E-state index is 0.760. The molecular weight excluding hydrogens is 222 g/mol. The molecule has 0 unspecified atom stereocenters. The Hall–Kier alpha value is -2.09. The van der Waals surface area contributed by atoms with E-state index in [0.29, 0.717) is 0 Å². The summed E-state index contributed by atoms with van der Waals surface area (Å²) in [5, 5.41) is 2.34. The number of H-pyrrole nitrogens is 1. The summed E-state index contributed by atoms with van der Waals surface area (Å²) in [5.74, 6) is 0.